The van der Waals surface area contributed by atoms with Gasteiger partial charge in [0.15, 0.2) is 5.11 Å². The van der Waals surface area contributed by atoms with Crippen LogP contribution in [0.2, 0.25) is 0 Å². The Labute approximate surface area is 233 Å². The molecule has 1 aromatic carbocycles. The third-order valence-electron chi connectivity index (χ3n) is 11.9. The first-order valence-corrected chi connectivity index (χ1v) is 15.1. The van der Waals surface area contributed by atoms with E-state index < -0.39 is 0 Å². The van der Waals surface area contributed by atoms with Crippen LogP contribution in [0.15, 0.2) is 24.3 Å². The number of thiocarbonyl (C=S) groups is 1. The van der Waals surface area contributed by atoms with E-state index in [1.165, 1.54) is 32.1 Å². The summed E-state index contributed by atoms with van der Waals surface area (Å²) in [6, 6.07) is 8.16. The highest BCUT2D eigenvalue weighted by Gasteiger charge is 2.73. The third-order valence-corrected chi connectivity index (χ3v) is 12.2. The van der Waals surface area contributed by atoms with Crippen molar-refractivity contribution < 1.29 is 19.1 Å². The van der Waals surface area contributed by atoms with E-state index in [-0.39, 0.29) is 33.7 Å². The van der Waals surface area contributed by atoms with Gasteiger partial charge in [-0.1, -0.05) is 32.4 Å². The SMILES string of the molecule is CCOC(=O)[C@]1(C)CCC[C@@]2(C)[C@@H]3CC[C@@]4(C)C[C@]3(CC[C@@H]21)[C@@H]1CON(C(=S)Nc2ccccc2OC)[C@@H]14. The van der Waals surface area contributed by atoms with Crippen molar-refractivity contribution in [2.75, 3.05) is 25.6 Å². The average molecular weight is 541 g/mol. The number of ether oxygens (including phenoxy) is 2. The minimum absolute atomic E-state index is 0.0277. The second kappa shape index (κ2) is 9.09. The molecule has 208 valence electrons. The van der Waals surface area contributed by atoms with E-state index in [1.807, 2.05) is 36.3 Å². The Morgan fingerprint density at radius 1 is 1.13 bits per heavy atom. The Kier molecular flexibility index (Phi) is 6.30. The van der Waals surface area contributed by atoms with Gasteiger partial charge in [-0.15, -0.1) is 0 Å². The number of nitrogens with zero attached hydrogens (tertiary/aromatic N) is 1. The van der Waals surface area contributed by atoms with Gasteiger partial charge >= 0.3 is 5.97 Å². The summed E-state index contributed by atoms with van der Waals surface area (Å²) in [5, 5.41) is 6.09. The number of esters is 1. The zero-order chi connectivity index (χ0) is 26.9. The molecule has 1 spiro atoms. The minimum Gasteiger partial charge on any atom is -0.495 e. The Morgan fingerprint density at radius 3 is 2.66 bits per heavy atom. The lowest BCUT2D eigenvalue weighted by molar-refractivity contribution is -0.195. The number of nitrogens with one attached hydrogen (secondary N) is 1. The monoisotopic (exact) mass is 540 g/mol. The number of carbonyl (C=O) groups excluding carboxylic acids is 1. The number of anilines is 1. The lowest BCUT2D eigenvalue weighted by Crippen LogP contribution is -2.60. The van der Waals surface area contributed by atoms with Crippen LogP contribution in [0, 0.1) is 39.4 Å². The number of para-hydroxylation sites is 2. The van der Waals surface area contributed by atoms with Gasteiger partial charge in [0, 0.05) is 5.92 Å². The zero-order valence-corrected chi connectivity index (χ0v) is 24.5. The van der Waals surface area contributed by atoms with Gasteiger partial charge in [0.05, 0.1) is 37.5 Å². The van der Waals surface area contributed by atoms with Crippen LogP contribution < -0.4 is 10.1 Å². The fourth-order valence-corrected chi connectivity index (χ4v) is 10.9. The summed E-state index contributed by atoms with van der Waals surface area (Å²) in [7, 11) is 1.68. The quantitative estimate of drug-likeness (QED) is 0.341. The van der Waals surface area contributed by atoms with Crippen molar-refractivity contribution >= 4 is 29.0 Å². The van der Waals surface area contributed by atoms with Crippen molar-refractivity contribution in [2.24, 2.45) is 39.4 Å². The van der Waals surface area contributed by atoms with Gasteiger partial charge in [-0.25, -0.2) is 5.06 Å². The maximum atomic E-state index is 13.3. The number of methoxy groups -OCH3 is 1. The van der Waals surface area contributed by atoms with Crippen molar-refractivity contribution in [1.82, 2.24) is 5.06 Å². The van der Waals surface area contributed by atoms with Gasteiger partial charge in [-0.3, -0.25) is 9.63 Å². The van der Waals surface area contributed by atoms with Gasteiger partial charge in [0.1, 0.15) is 5.75 Å². The molecule has 5 fully saturated rings. The van der Waals surface area contributed by atoms with Crippen LogP contribution in [-0.4, -0.2) is 42.5 Å². The van der Waals surface area contributed by atoms with E-state index in [9.17, 15) is 4.79 Å². The molecule has 0 aromatic heterocycles. The Hall–Kier alpha value is -1.86. The second-order valence-electron chi connectivity index (χ2n) is 13.5. The largest absolute Gasteiger partial charge is 0.495 e. The van der Waals surface area contributed by atoms with E-state index in [0.717, 1.165) is 37.3 Å². The van der Waals surface area contributed by atoms with Crippen molar-refractivity contribution in [3.05, 3.63) is 24.3 Å². The fraction of sp³-hybridized carbons (Fsp3) is 0.742. The van der Waals surface area contributed by atoms with Crippen LogP contribution in [0.25, 0.3) is 0 Å². The normalized spacial score (nSPS) is 43.0. The summed E-state index contributed by atoms with van der Waals surface area (Å²) in [4.78, 5) is 19.8. The molecule has 6 nitrogen and oxygen atoms in total. The molecule has 0 amide bonds. The standard InChI is InChI=1S/C31H44N2O4S/c1-6-36-26(34)30(4)15-9-14-29(3)23(30)13-17-31-19-28(2,16-12-24(29)31)25-20(31)18-37-33(25)27(38)32-21-10-7-8-11-22(21)35-5/h7-8,10-11,20,23-25H,6,9,12-19H2,1-5H3,(H,32,38)/t20-,23+,24+,25+,28+,29-,30-,31-/m1/s1. The summed E-state index contributed by atoms with van der Waals surface area (Å²) in [6.07, 6.45) is 9.19. The molecule has 8 atom stereocenters. The van der Waals surface area contributed by atoms with Gasteiger partial charge in [0.25, 0.3) is 0 Å². The number of hydroxylamine groups is 2. The maximum Gasteiger partial charge on any atom is 0.312 e. The fourth-order valence-electron chi connectivity index (χ4n) is 10.6. The lowest BCUT2D eigenvalue weighted by atomic mass is 9.39. The molecule has 0 unspecified atom stereocenters. The number of hydrogen-bond acceptors (Lipinski definition) is 5. The number of carbonyl (C=O) groups is 1. The van der Waals surface area contributed by atoms with E-state index in [0.29, 0.717) is 29.5 Å². The van der Waals surface area contributed by atoms with E-state index in [1.54, 1.807) is 7.11 Å². The summed E-state index contributed by atoms with van der Waals surface area (Å²) < 4.78 is 11.2. The van der Waals surface area contributed by atoms with Crippen LogP contribution in [0.3, 0.4) is 0 Å². The molecule has 4 aliphatic carbocycles. The predicted molar refractivity (Wildman–Crippen MR) is 152 cm³/mol. The molecule has 1 saturated heterocycles. The predicted octanol–water partition coefficient (Wildman–Crippen LogP) is 6.60. The third kappa shape index (κ3) is 3.52. The molecule has 2 bridgehead atoms. The highest BCUT2D eigenvalue weighted by atomic mass is 32.1. The summed E-state index contributed by atoms with van der Waals surface area (Å²) in [5.74, 6) is 2.23. The van der Waals surface area contributed by atoms with Gasteiger partial charge in [-0.05, 0) is 111 Å². The lowest BCUT2D eigenvalue weighted by Gasteiger charge is -2.64. The van der Waals surface area contributed by atoms with E-state index in [2.05, 4.69) is 26.1 Å². The van der Waals surface area contributed by atoms with Crippen molar-refractivity contribution in [1.29, 1.82) is 0 Å². The van der Waals surface area contributed by atoms with Crippen LogP contribution in [0.4, 0.5) is 5.69 Å². The van der Waals surface area contributed by atoms with Crippen LogP contribution in [-0.2, 0) is 14.4 Å². The van der Waals surface area contributed by atoms with Gasteiger partial charge < -0.3 is 14.8 Å². The molecular weight excluding hydrogens is 496 g/mol. The Balaban J connectivity index is 1.30. The van der Waals surface area contributed by atoms with E-state index >= 15 is 0 Å². The molecule has 7 heteroatoms. The van der Waals surface area contributed by atoms with Crippen LogP contribution >= 0.6 is 12.2 Å². The molecule has 38 heavy (non-hydrogen) atoms. The number of benzene rings is 1. The summed E-state index contributed by atoms with van der Waals surface area (Å²) in [5.41, 5.74) is 1.04. The minimum atomic E-state index is -0.373. The first-order valence-electron chi connectivity index (χ1n) is 14.7. The molecular formula is C31H44N2O4S. The highest BCUT2D eigenvalue weighted by Crippen LogP contribution is 2.76. The summed E-state index contributed by atoms with van der Waals surface area (Å²) >= 11 is 5.96. The first kappa shape index (κ1) is 26.4. The average Bonchev–Trinajstić information content (AvgIpc) is 3.42. The highest BCUT2D eigenvalue weighted by molar-refractivity contribution is 7.80. The molecule has 1 heterocycles. The molecule has 0 radical (unpaired) electrons. The maximum absolute atomic E-state index is 13.3. The first-order chi connectivity index (χ1) is 18.1. The number of rotatable bonds is 4. The van der Waals surface area contributed by atoms with Crippen molar-refractivity contribution in [3.63, 3.8) is 0 Å². The topological polar surface area (TPSA) is 60.0 Å². The molecule has 1 aromatic rings. The second-order valence-corrected chi connectivity index (χ2v) is 13.9. The van der Waals surface area contributed by atoms with E-state index in [4.69, 9.17) is 26.5 Å². The van der Waals surface area contributed by atoms with Crippen LogP contribution in [0.1, 0.15) is 79.1 Å². The number of hydrogen-bond donors (Lipinski definition) is 1. The Morgan fingerprint density at radius 2 is 1.89 bits per heavy atom. The van der Waals surface area contributed by atoms with Crippen molar-refractivity contribution in [3.8, 4) is 5.75 Å². The molecule has 4 saturated carbocycles. The molecule has 1 N–H and O–H groups in total. The van der Waals surface area contributed by atoms with Gasteiger partial charge in [0.2, 0.25) is 0 Å². The molecule has 1 aliphatic heterocycles. The zero-order valence-electron chi connectivity index (χ0n) is 23.7. The molecule has 6 rings (SSSR count). The smallest absolute Gasteiger partial charge is 0.312 e. The Bertz CT molecular complexity index is 1130. The van der Waals surface area contributed by atoms with Crippen LogP contribution in [0.5, 0.6) is 5.75 Å². The summed E-state index contributed by atoms with van der Waals surface area (Å²) in [6.45, 7) is 10.3. The number of fused-ring (bicyclic) bond motifs is 5. The van der Waals surface area contributed by atoms with Crippen molar-refractivity contribution in [2.45, 2.75) is 85.1 Å². The van der Waals surface area contributed by atoms with Gasteiger partial charge in [-0.2, -0.15) is 0 Å². The molecule has 5 aliphatic rings.